The first-order valence-corrected chi connectivity index (χ1v) is 6.27. The van der Waals surface area contributed by atoms with Crippen LogP contribution in [0.1, 0.15) is 16.8 Å². The van der Waals surface area contributed by atoms with Crippen LogP contribution in [0.2, 0.25) is 0 Å². The van der Waals surface area contributed by atoms with Crippen molar-refractivity contribution in [2.75, 3.05) is 31.5 Å². The molecular weight excluding hydrogens is 246 g/mol. The maximum absolute atomic E-state index is 12.1. The first-order chi connectivity index (χ1) is 9.18. The third-order valence-electron chi connectivity index (χ3n) is 3.03. The van der Waals surface area contributed by atoms with E-state index < -0.39 is 5.97 Å². The summed E-state index contributed by atoms with van der Waals surface area (Å²) in [5, 5.41) is 14.9. The minimum atomic E-state index is -1.05. The van der Waals surface area contributed by atoms with Crippen molar-refractivity contribution in [2.45, 2.75) is 6.42 Å². The van der Waals surface area contributed by atoms with Crippen molar-refractivity contribution in [3.8, 4) is 0 Å². The van der Waals surface area contributed by atoms with Gasteiger partial charge >= 0.3 is 12.0 Å². The van der Waals surface area contributed by atoms with Gasteiger partial charge in [0.1, 0.15) is 0 Å². The molecule has 0 radical (unpaired) electrons. The second-order valence-electron chi connectivity index (χ2n) is 4.37. The minimum Gasteiger partial charge on any atom is -0.478 e. The molecule has 1 heterocycles. The predicted molar refractivity (Wildman–Crippen MR) is 71.5 cm³/mol. The summed E-state index contributed by atoms with van der Waals surface area (Å²) in [7, 11) is 0. The molecule has 0 spiro atoms. The fraction of sp³-hybridized carbons (Fsp3) is 0.385. The molecule has 102 valence electrons. The lowest BCUT2D eigenvalue weighted by Gasteiger charge is -2.21. The number of carbonyl (C=O) groups is 2. The molecule has 1 aromatic rings. The summed E-state index contributed by atoms with van der Waals surface area (Å²) in [5.41, 5.74) is 0.431. The van der Waals surface area contributed by atoms with Crippen molar-refractivity contribution in [1.29, 1.82) is 0 Å². The van der Waals surface area contributed by atoms with Gasteiger partial charge in [0.05, 0.1) is 11.3 Å². The van der Waals surface area contributed by atoms with Crippen LogP contribution in [-0.2, 0) is 0 Å². The van der Waals surface area contributed by atoms with E-state index in [0.717, 1.165) is 19.5 Å². The fourth-order valence-electron chi connectivity index (χ4n) is 2.02. The van der Waals surface area contributed by atoms with E-state index >= 15 is 0 Å². The number of nitrogens with one attached hydrogen (secondary N) is 2. The summed E-state index contributed by atoms with van der Waals surface area (Å²) in [4.78, 5) is 24.8. The Morgan fingerprint density at radius 1 is 1.21 bits per heavy atom. The van der Waals surface area contributed by atoms with Crippen LogP contribution in [0.15, 0.2) is 24.3 Å². The van der Waals surface area contributed by atoms with Gasteiger partial charge in [-0.25, -0.2) is 9.59 Å². The highest BCUT2D eigenvalue weighted by molar-refractivity contribution is 5.99. The quantitative estimate of drug-likeness (QED) is 0.749. The number of amides is 2. The second-order valence-corrected chi connectivity index (χ2v) is 4.37. The SMILES string of the molecule is O=C(O)c1ccccc1NC(=O)N1CCCNCC1. The van der Waals surface area contributed by atoms with Crippen molar-refractivity contribution >= 4 is 17.7 Å². The molecule has 1 saturated heterocycles. The third-order valence-corrected chi connectivity index (χ3v) is 3.03. The van der Waals surface area contributed by atoms with E-state index in [1.807, 2.05) is 0 Å². The molecule has 0 aliphatic carbocycles. The first-order valence-electron chi connectivity index (χ1n) is 6.27. The maximum Gasteiger partial charge on any atom is 0.337 e. The molecule has 1 aliphatic heterocycles. The number of carboxylic acids is 1. The number of hydrogen-bond acceptors (Lipinski definition) is 3. The summed E-state index contributed by atoms with van der Waals surface area (Å²) in [5.74, 6) is -1.05. The van der Waals surface area contributed by atoms with Gasteiger partial charge in [0.15, 0.2) is 0 Å². The predicted octanol–water partition coefficient (Wildman–Crippen LogP) is 1.21. The molecule has 3 N–H and O–H groups in total. The van der Waals surface area contributed by atoms with Crippen LogP contribution in [0, 0.1) is 0 Å². The smallest absolute Gasteiger partial charge is 0.337 e. The van der Waals surface area contributed by atoms with Gasteiger partial charge in [-0.3, -0.25) is 0 Å². The zero-order valence-corrected chi connectivity index (χ0v) is 10.6. The van der Waals surface area contributed by atoms with Gasteiger partial charge in [-0.15, -0.1) is 0 Å². The average molecular weight is 263 g/mol. The van der Waals surface area contributed by atoms with E-state index in [2.05, 4.69) is 10.6 Å². The number of para-hydroxylation sites is 1. The Bertz CT molecular complexity index is 468. The van der Waals surface area contributed by atoms with Crippen molar-refractivity contribution in [1.82, 2.24) is 10.2 Å². The number of anilines is 1. The number of carbonyl (C=O) groups excluding carboxylic acids is 1. The Balaban J connectivity index is 2.07. The van der Waals surface area contributed by atoms with Crippen molar-refractivity contribution < 1.29 is 14.7 Å². The number of carboxylic acid groups (broad SMARTS) is 1. The minimum absolute atomic E-state index is 0.101. The van der Waals surface area contributed by atoms with Crippen molar-refractivity contribution in [3.05, 3.63) is 29.8 Å². The van der Waals surface area contributed by atoms with Crippen molar-refractivity contribution in [3.63, 3.8) is 0 Å². The van der Waals surface area contributed by atoms with Crippen LogP contribution in [0.4, 0.5) is 10.5 Å². The lowest BCUT2D eigenvalue weighted by atomic mass is 10.2. The first kappa shape index (κ1) is 13.4. The van der Waals surface area contributed by atoms with Crippen molar-refractivity contribution in [2.24, 2.45) is 0 Å². The van der Waals surface area contributed by atoms with E-state index in [1.165, 1.54) is 6.07 Å². The van der Waals surface area contributed by atoms with Crippen LogP contribution in [0.5, 0.6) is 0 Å². The summed E-state index contributed by atoms with van der Waals surface area (Å²) in [6.07, 6.45) is 0.897. The van der Waals surface area contributed by atoms with Crippen LogP contribution in [0.3, 0.4) is 0 Å². The van der Waals surface area contributed by atoms with Crippen LogP contribution >= 0.6 is 0 Å². The zero-order valence-electron chi connectivity index (χ0n) is 10.6. The van der Waals surface area contributed by atoms with Gasteiger partial charge in [-0.1, -0.05) is 12.1 Å². The Morgan fingerprint density at radius 2 is 2.00 bits per heavy atom. The Labute approximate surface area is 111 Å². The second kappa shape index (κ2) is 6.19. The van der Waals surface area contributed by atoms with E-state index in [-0.39, 0.29) is 11.6 Å². The van der Waals surface area contributed by atoms with Crippen LogP contribution in [-0.4, -0.2) is 48.2 Å². The van der Waals surface area contributed by atoms with Crippen LogP contribution < -0.4 is 10.6 Å². The molecule has 2 amide bonds. The lowest BCUT2D eigenvalue weighted by molar-refractivity contribution is 0.0698. The molecule has 0 saturated carbocycles. The highest BCUT2D eigenvalue weighted by atomic mass is 16.4. The van der Waals surface area contributed by atoms with Gasteiger partial charge < -0.3 is 20.6 Å². The number of rotatable bonds is 2. The Morgan fingerprint density at radius 3 is 2.79 bits per heavy atom. The Hall–Kier alpha value is -2.08. The maximum atomic E-state index is 12.1. The van der Waals surface area contributed by atoms with Gasteiger partial charge in [0.25, 0.3) is 0 Å². The summed E-state index contributed by atoms with van der Waals surface area (Å²) in [6.45, 7) is 2.96. The molecule has 0 unspecified atom stereocenters. The standard InChI is InChI=1S/C13H17N3O3/c17-12(18)10-4-1-2-5-11(10)15-13(19)16-8-3-6-14-7-9-16/h1-2,4-5,14H,3,6-9H2,(H,15,19)(H,17,18). The third kappa shape index (κ3) is 3.45. The molecule has 1 fully saturated rings. The lowest BCUT2D eigenvalue weighted by Crippen LogP contribution is -2.37. The highest BCUT2D eigenvalue weighted by Gasteiger charge is 2.17. The molecule has 2 rings (SSSR count). The normalized spacial score (nSPS) is 15.7. The molecule has 0 atom stereocenters. The monoisotopic (exact) mass is 263 g/mol. The number of urea groups is 1. The molecule has 6 nitrogen and oxygen atoms in total. The molecule has 6 heteroatoms. The summed E-state index contributed by atoms with van der Waals surface area (Å²) in [6, 6.07) is 6.15. The van der Waals surface area contributed by atoms with E-state index in [4.69, 9.17) is 5.11 Å². The molecule has 1 aromatic carbocycles. The van der Waals surface area contributed by atoms with Gasteiger partial charge in [-0.2, -0.15) is 0 Å². The zero-order chi connectivity index (χ0) is 13.7. The molecule has 0 bridgehead atoms. The number of nitrogens with zero attached hydrogens (tertiary/aromatic N) is 1. The summed E-state index contributed by atoms with van der Waals surface area (Å²) < 4.78 is 0. The number of benzene rings is 1. The highest BCUT2D eigenvalue weighted by Crippen LogP contribution is 2.15. The average Bonchev–Trinajstić information content (AvgIpc) is 2.68. The van der Waals surface area contributed by atoms with Gasteiger partial charge in [0.2, 0.25) is 0 Å². The molecular formula is C13H17N3O3. The van der Waals surface area contributed by atoms with E-state index in [1.54, 1.807) is 23.1 Å². The number of aromatic carboxylic acids is 1. The fourth-order valence-corrected chi connectivity index (χ4v) is 2.02. The molecule has 1 aliphatic rings. The van der Waals surface area contributed by atoms with Gasteiger partial charge in [0, 0.05) is 19.6 Å². The largest absolute Gasteiger partial charge is 0.478 e. The van der Waals surface area contributed by atoms with Gasteiger partial charge in [-0.05, 0) is 25.1 Å². The molecule has 19 heavy (non-hydrogen) atoms. The summed E-state index contributed by atoms with van der Waals surface area (Å²) >= 11 is 0. The topological polar surface area (TPSA) is 81.7 Å². The molecule has 0 aromatic heterocycles. The van der Waals surface area contributed by atoms with E-state index in [0.29, 0.717) is 18.8 Å². The van der Waals surface area contributed by atoms with E-state index in [9.17, 15) is 9.59 Å². The number of hydrogen-bond donors (Lipinski definition) is 3. The van der Waals surface area contributed by atoms with Crippen LogP contribution in [0.25, 0.3) is 0 Å². The Kier molecular flexibility index (Phi) is 4.35.